The van der Waals surface area contributed by atoms with Crippen molar-refractivity contribution in [2.75, 3.05) is 36.7 Å². The van der Waals surface area contributed by atoms with Crippen molar-refractivity contribution >= 4 is 28.1 Å². The Hall–Kier alpha value is -1.56. The highest BCUT2D eigenvalue weighted by atomic mass is 32.2. The van der Waals surface area contributed by atoms with Crippen LogP contribution in [-0.2, 0) is 15.5 Å². The van der Waals surface area contributed by atoms with E-state index < -0.39 is 16.8 Å². The van der Waals surface area contributed by atoms with Gasteiger partial charge in [-0.1, -0.05) is 0 Å². The van der Waals surface area contributed by atoms with E-state index in [2.05, 4.69) is 10.1 Å². The highest BCUT2D eigenvalue weighted by molar-refractivity contribution is 7.84. The second kappa shape index (κ2) is 7.00. The zero-order valence-corrected chi connectivity index (χ0v) is 11.4. The van der Waals surface area contributed by atoms with E-state index in [-0.39, 0.29) is 0 Å². The molecule has 0 saturated heterocycles. The van der Waals surface area contributed by atoms with E-state index in [9.17, 15) is 9.00 Å². The predicted octanol–water partition coefficient (Wildman–Crippen LogP) is 1.24. The SMILES string of the molecule is COC(=O)c1cc(NCCCS(C)=O)ccc1N. The quantitative estimate of drug-likeness (QED) is 0.462. The average molecular weight is 270 g/mol. The normalized spacial score (nSPS) is 11.9. The van der Waals surface area contributed by atoms with Gasteiger partial charge in [0.1, 0.15) is 0 Å². The monoisotopic (exact) mass is 270 g/mol. The molecule has 5 nitrogen and oxygen atoms in total. The third-order valence-corrected chi connectivity index (χ3v) is 3.26. The van der Waals surface area contributed by atoms with Crippen LogP contribution in [0.1, 0.15) is 16.8 Å². The number of nitrogen functional groups attached to an aromatic ring is 1. The lowest BCUT2D eigenvalue weighted by Gasteiger charge is -2.09. The van der Waals surface area contributed by atoms with Crippen molar-refractivity contribution < 1.29 is 13.7 Å². The van der Waals surface area contributed by atoms with E-state index >= 15 is 0 Å². The molecule has 0 aliphatic rings. The van der Waals surface area contributed by atoms with Crippen molar-refractivity contribution in [3.63, 3.8) is 0 Å². The lowest BCUT2D eigenvalue weighted by Crippen LogP contribution is -2.09. The molecule has 1 aromatic carbocycles. The number of benzene rings is 1. The zero-order chi connectivity index (χ0) is 13.5. The van der Waals surface area contributed by atoms with Crippen LogP contribution in [0.25, 0.3) is 0 Å². The minimum Gasteiger partial charge on any atom is -0.465 e. The molecule has 0 bridgehead atoms. The predicted molar refractivity (Wildman–Crippen MR) is 74.2 cm³/mol. The van der Waals surface area contributed by atoms with E-state index in [1.54, 1.807) is 24.5 Å². The molecule has 1 rings (SSSR count). The van der Waals surface area contributed by atoms with Crippen LogP contribution in [0.3, 0.4) is 0 Å². The molecule has 0 fully saturated rings. The Kier molecular flexibility index (Phi) is 5.64. The maximum atomic E-state index is 11.4. The fourth-order valence-electron chi connectivity index (χ4n) is 1.46. The minimum absolute atomic E-state index is 0.349. The summed E-state index contributed by atoms with van der Waals surface area (Å²) in [6.45, 7) is 0.699. The first-order valence-electron chi connectivity index (χ1n) is 5.56. The molecule has 1 atom stereocenters. The molecule has 0 aliphatic carbocycles. The van der Waals surface area contributed by atoms with E-state index in [0.717, 1.165) is 12.1 Å². The lowest BCUT2D eigenvalue weighted by atomic mass is 10.1. The Morgan fingerprint density at radius 3 is 2.83 bits per heavy atom. The van der Waals surface area contributed by atoms with Gasteiger partial charge in [-0.25, -0.2) is 4.79 Å². The molecule has 0 saturated carbocycles. The van der Waals surface area contributed by atoms with Crippen LogP contribution >= 0.6 is 0 Å². The summed E-state index contributed by atoms with van der Waals surface area (Å²) >= 11 is 0. The molecule has 6 heteroatoms. The van der Waals surface area contributed by atoms with Crippen molar-refractivity contribution in [3.05, 3.63) is 23.8 Å². The first-order chi connectivity index (χ1) is 8.54. The Morgan fingerprint density at radius 2 is 2.22 bits per heavy atom. The fraction of sp³-hybridized carbons (Fsp3) is 0.417. The largest absolute Gasteiger partial charge is 0.465 e. The summed E-state index contributed by atoms with van der Waals surface area (Å²) in [4.78, 5) is 11.4. The van der Waals surface area contributed by atoms with Gasteiger partial charge in [0.15, 0.2) is 0 Å². The van der Waals surface area contributed by atoms with Gasteiger partial charge in [0.05, 0.1) is 12.7 Å². The lowest BCUT2D eigenvalue weighted by molar-refractivity contribution is 0.0602. The molecule has 0 aromatic heterocycles. The number of hydrogen-bond acceptors (Lipinski definition) is 5. The Labute approximate surface area is 109 Å². The standard InChI is InChI=1S/C12H18N2O3S/c1-17-12(15)10-8-9(4-5-11(10)13)14-6-3-7-18(2)16/h4-5,8,14H,3,6-7,13H2,1-2H3. The summed E-state index contributed by atoms with van der Waals surface area (Å²) in [5.74, 6) is 0.206. The second-order valence-corrected chi connectivity index (χ2v) is 5.41. The number of anilines is 2. The van der Waals surface area contributed by atoms with Gasteiger partial charge in [-0.3, -0.25) is 4.21 Å². The molecule has 0 amide bonds. The molecule has 0 heterocycles. The first-order valence-corrected chi connectivity index (χ1v) is 7.29. The first kappa shape index (κ1) is 14.5. The fourth-order valence-corrected chi connectivity index (χ4v) is 2.01. The maximum absolute atomic E-state index is 11.4. The van der Waals surface area contributed by atoms with Crippen LogP contribution in [0.2, 0.25) is 0 Å². The molecular formula is C12H18N2O3S. The van der Waals surface area contributed by atoms with Crippen LogP contribution in [-0.4, -0.2) is 35.8 Å². The van der Waals surface area contributed by atoms with Gasteiger partial charge in [0.2, 0.25) is 0 Å². The topological polar surface area (TPSA) is 81.4 Å². The highest BCUT2D eigenvalue weighted by Crippen LogP contribution is 2.18. The molecule has 3 N–H and O–H groups in total. The summed E-state index contributed by atoms with van der Waals surface area (Å²) in [5, 5.41) is 3.15. The number of carbonyl (C=O) groups excluding carboxylic acids is 1. The van der Waals surface area contributed by atoms with Crippen LogP contribution < -0.4 is 11.1 Å². The van der Waals surface area contributed by atoms with Gasteiger partial charge in [0, 0.05) is 40.7 Å². The number of hydrogen-bond donors (Lipinski definition) is 2. The van der Waals surface area contributed by atoms with Crippen LogP contribution in [0.15, 0.2) is 18.2 Å². The smallest absolute Gasteiger partial charge is 0.340 e. The zero-order valence-electron chi connectivity index (χ0n) is 10.6. The van der Waals surface area contributed by atoms with Gasteiger partial charge >= 0.3 is 5.97 Å². The van der Waals surface area contributed by atoms with Crippen LogP contribution in [0.5, 0.6) is 0 Å². The number of methoxy groups -OCH3 is 1. The molecule has 0 spiro atoms. The molecule has 0 aliphatic heterocycles. The van der Waals surface area contributed by atoms with Crippen molar-refractivity contribution in [2.45, 2.75) is 6.42 Å². The van der Waals surface area contributed by atoms with E-state index in [1.165, 1.54) is 7.11 Å². The molecule has 0 radical (unpaired) electrons. The number of nitrogens with two attached hydrogens (primary N) is 1. The van der Waals surface area contributed by atoms with Crippen molar-refractivity contribution in [1.82, 2.24) is 0 Å². The van der Waals surface area contributed by atoms with Gasteiger partial charge in [-0.2, -0.15) is 0 Å². The molecule has 100 valence electrons. The van der Waals surface area contributed by atoms with E-state index in [4.69, 9.17) is 5.73 Å². The van der Waals surface area contributed by atoms with Gasteiger partial charge in [-0.05, 0) is 24.6 Å². The molecule has 1 unspecified atom stereocenters. The summed E-state index contributed by atoms with van der Waals surface area (Å²) in [6, 6.07) is 5.11. The number of ether oxygens (including phenoxy) is 1. The van der Waals surface area contributed by atoms with Crippen molar-refractivity contribution in [3.8, 4) is 0 Å². The number of carbonyl (C=O) groups is 1. The maximum Gasteiger partial charge on any atom is 0.340 e. The van der Waals surface area contributed by atoms with Crippen molar-refractivity contribution in [1.29, 1.82) is 0 Å². The summed E-state index contributed by atoms with van der Waals surface area (Å²) in [5.41, 5.74) is 7.23. The van der Waals surface area contributed by atoms with Crippen LogP contribution in [0, 0.1) is 0 Å². The number of esters is 1. The number of rotatable bonds is 6. The van der Waals surface area contributed by atoms with Crippen molar-refractivity contribution in [2.24, 2.45) is 0 Å². The Bertz CT molecular complexity index is 449. The third-order valence-electron chi connectivity index (χ3n) is 2.40. The van der Waals surface area contributed by atoms with Crippen LogP contribution in [0.4, 0.5) is 11.4 Å². The Balaban J connectivity index is 2.62. The molecular weight excluding hydrogens is 252 g/mol. The summed E-state index contributed by atoms with van der Waals surface area (Å²) < 4.78 is 15.5. The minimum atomic E-state index is -0.774. The molecule has 1 aromatic rings. The Morgan fingerprint density at radius 1 is 1.50 bits per heavy atom. The van der Waals surface area contributed by atoms with Gasteiger partial charge in [-0.15, -0.1) is 0 Å². The van der Waals surface area contributed by atoms with Gasteiger partial charge < -0.3 is 15.8 Å². The van der Waals surface area contributed by atoms with E-state index in [1.807, 2.05) is 0 Å². The summed E-state index contributed by atoms with van der Waals surface area (Å²) in [7, 11) is 0.544. The number of nitrogens with one attached hydrogen (secondary N) is 1. The van der Waals surface area contributed by atoms with Gasteiger partial charge in [0.25, 0.3) is 0 Å². The molecule has 18 heavy (non-hydrogen) atoms. The highest BCUT2D eigenvalue weighted by Gasteiger charge is 2.10. The summed E-state index contributed by atoms with van der Waals surface area (Å²) in [6.07, 6.45) is 2.49. The van der Waals surface area contributed by atoms with E-state index in [0.29, 0.717) is 23.5 Å². The second-order valence-electron chi connectivity index (χ2n) is 3.85. The average Bonchev–Trinajstić information content (AvgIpc) is 2.35. The third kappa shape index (κ3) is 4.37.